The second-order valence-electron chi connectivity index (χ2n) is 6.77. The minimum absolute atomic E-state index is 0.0507. The third-order valence-corrected chi connectivity index (χ3v) is 5.68. The molecule has 134 valence electrons. The summed E-state index contributed by atoms with van der Waals surface area (Å²) in [5.74, 6) is 1.09. The first kappa shape index (κ1) is 16.9. The van der Waals surface area contributed by atoms with Gasteiger partial charge in [0.25, 0.3) is 11.9 Å². The van der Waals surface area contributed by atoms with Gasteiger partial charge in [0.2, 0.25) is 0 Å². The van der Waals surface area contributed by atoms with Crippen LogP contribution >= 0.6 is 11.3 Å². The zero-order valence-corrected chi connectivity index (χ0v) is 15.7. The second-order valence-corrected chi connectivity index (χ2v) is 7.72. The van der Waals surface area contributed by atoms with Crippen LogP contribution in [0, 0.1) is 12.8 Å². The van der Waals surface area contributed by atoms with Crippen LogP contribution in [0.25, 0.3) is 16.5 Å². The van der Waals surface area contributed by atoms with Crippen LogP contribution in [0.2, 0.25) is 0 Å². The molecule has 1 amide bonds. The Bertz CT molecular complexity index is 918. The van der Waals surface area contributed by atoms with E-state index in [2.05, 4.69) is 22.0 Å². The summed E-state index contributed by atoms with van der Waals surface area (Å²) in [5, 5.41) is 6.41. The molecule has 0 aliphatic carbocycles. The van der Waals surface area contributed by atoms with Crippen LogP contribution in [-0.4, -0.2) is 43.6 Å². The summed E-state index contributed by atoms with van der Waals surface area (Å²) < 4.78 is 1.65. The average molecular weight is 367 g/mol. The third-order valence-electron chi connectivity index (χ3n) is 4.79. The lowest BCUT2D eigenvalue weighted by atomic mass is 9.99. The smallest absolute Gasteiger partial charge is 0.257 e. The lowest BCUT2D eigenvalue weighted by molar-refractivity contribution is 0.0682. The fourth-order valence-corrected chi connectivity index (χ4v) is 4.07. The van der Waals surface area contributed by atoms with Gasteiger partial charge in [0.1, 0.15) is 0 Å². The Morgan fingerprint density at radius 3 is 3.00 bits per heavy atom. The van der Waals surface area contributed by atoms with Crippen LogP contribution < -0.4 is 0 Å². The number of carbonyl (C=O) groups excluding carboxylic acids is 1. The maximum Gasteiger partial charge on any atom is 0.257 e. The number of amides is 1. The molecule has 1 saturated heterocycles. The summed E-state index contributed by atoms with van der Waals surface area (Å²) in [5.41, 5.74) is 2.26. The quantitative estimate of drug-likeness (QED) is 0.710. The van der Waals surface area contributed by atoms with Crippen LogP contribution in [0.3, 0.4) is 0 Å². The molecule has 0 saturated carbocycles. The molecule has 6 nitrogen and oxygen atoms in total. The van der Waals surface area contributed by atoms with Crippen molar-refractivity contribution >= 4 is 17.2 Å². The number of carbonyl (C=O) groups is 1. The minimum atomic E-state index is 0.0507. The molecule has 1 fully saturated rings. The molecule has 0 radical (unpaired) electrons. The highest BCUT2D eigenvalue weighted by molar-refractivity contribution is 7.13. The van der Waals surface area contributed by atoms with Crippen LogP contribution in [-0.2, 0) is 0 Å². The van der Waals surface area contributed by atoms with E-state index >= 15 is 0 Å². The van der Waals surface area contributed by atoms with E-state index < -0.39 is 0 Å². The van der Waals surface area contributed by atoms with E-state index in [9.17, 15) is 4.79 Å². The maximum atomic E-state index is 12.9. The summed E-state index contributed by atoms with van der Waals surface area (Å²) >= 11 is 1.63. The summed E-state index contributed by atoms with van der Waals surface area (Å²) in [6.45, 7) is 5.72. The highest BCUT2D eigenvalue weighted by Gasteiger charge is 2.25. The summed E-state index contributed by atoms with van der Waals surface area (Å²) in [7, 11) is 0. The lowest BCUT2D eigenvalue weighted by Gasteiger charge is -2.30. The SMILES string of the molecule is Cc1c(C(=O)N2CCCC(C)C2)cnn1-c1nccc(-c2cccs2)n1. The summed E-state index contributed by atoms with van der Waals surface area (Å²) in [6, 6.07) is 5.91. The van der Waals surface area contributed by atoms with Crippen molar-refractivity contribution in [2.75, 3.05) is 13.1 Å². The van der Waals surface area contributed by atoms with Gasteiger partial charge in [-0.1, -0.05) is 13.0 Å². The van der Waals surface area contributed by atoms with Gasteiger partial charge in [0, 0.05) is 19.3 Å². The molecule has 7 heteroatoms. The van der Waals surface area contributed by atoms with Crippen molar-refractivity contribution in [3.8, 4) is 16.5 Å². The zero-order chi connectivity index (χ0) is 18.1. The van der Waals surface area contributed by atoms with Crippen molar-refractivity contribution in [2.45, 2.75) is 26.7 Å². The molecule has 0 bridgehead atoms. The Balaban J connectivity index is 1.63. The Labute approximate surface area is 156 Å². The van der Waals surface area contributed by atoms with Crippen molar-refractivity contribution in [1.29, 1.82) is 0 Å². The standard InChI is InChI=1S/C19H21N5OS/c1-13-5-3-9-23(12-13)18(25)15-11-21-24(14(15)2)19-20-8-7-16(22-19)17-6-4-10-26-17/h4,6-8,10-11,13H,3,5,9,12H2,1-2H3. The highest BCUT2D eigenvalue weighted by Crippen LogP contribution is 2.24. The van der Waals surface area contributed by atoms with Crippen molar-refractivity contribution in [2.24, 2.45) is 5.92 Å². The Kier molecular flexibility index (Phi) is 4.55. The average Bonchev–Trinajstić information content (AvgIpc) is 3.31. The molecular formula is C19H21N5OS. The molecule has 0 aromatic carbocycles. The molecule has 4 rings (SSSR count). The molecule has 26 heavy (non-hydrogen) atoms. The first-order chi connectivity index (χ1) is 12.6. The Morgan fingerprint density at radius 2 is 2.23 bits per heavy atom. The zero-order valence-electron chi connectivity index (χ0n) is 14.9. The van der Waals surface area contributed by atoms with Gasteiger partial charge in [-0.25, -0.2) is 14.6 Å². The number of hydrogen-bond donors (Lipinski definition) is 0. The molecule has 0 N–H and O–H groups in total. The van der Waals surface area contributed by atoms with E-state index in [1.807, 2.05) is 35.4 Å². The van der Waals surface area contributed by atoms with Crippen LogP contribution in [0.1, 0.15) is 35.8 Å². The fraction of sp³-hybridized carbons (Fsp3) is 0.368. The molecule has 1 aliphatic heterocycles. The van der Waals surface area contributed by atoms with Crippen molar-refractivity contribution in [3.05, 3.63) is 47.2 Å². The van der Waals surface area contributed by atoms with Gasteiger partial charge in [-0.2, -0.15) is 5.10 Å². The number of aromatic nitrogens is 4. The molecule has 1 unspecified atom stereocenters. The van der Waals surface area contributed by atoms with E-state index in [1.165, 1.54) is 6.42 Å². The molecular weight excluding hydrogens is 346 g/mol. The highest BCUT2D eigenvalue weighted by atomic mass is 32.1. The lowest BCUT2D eigenvalue weighted by Crippen LogP contribution is -2.39. The summed E-state index contributed by atoms with van der Waals surface area (Å²) in [6.07, 6.45) is 5.61. The van der Waals surface area contributed by atoms with Crippen molar-refractivity contribution in [3.63, 3.8) is 0 Å². The van der Waals surface area contributed by atoms with Gasteiger partial charge in [-0.3, -0.25) is 4.79 Å². The van der Waals surface area contributed by atoms with Gasteiger partial charge in [-0.15, -0.1) is 11.3 Å². The van der Waals surface area contributed by atoms with Gasteiger partial charge >= 0.3 is 0 Å². The maximum absolute atomic E-state index is 12.9. The first-order valence-electron chi connectivity index (χ1n) is 8.84. The molecule has 3 aromatic rings. The number of thiophene rings is 1. The van der Waals surface area contributed by atoms with Gasteiger partial charge < -0.3 is 4.90 Å². The van der Waals surface area contributed by atoms with Crippen LogP contribution in [0.15, 0.2) is 36.0 Å². The Hall–Kier alpha value is -2.54. The van der Waals surface area contributed by atoms with Gasteiger partial charge in [-0.05, 0) is 43.2 Å². The molecule has 0 spiro atoms. The molecule has 3 aromatic heterocycles. The molecule has 1 aliphatic rings. The number of nitrogens with zero attached hydrogens (tertiary/aromatic N) is 5. The van der Waals surface area contributed by atoms with Gasteiger partial charge in [0.15, 0.2) is 0 Å². The second kappa shape index (κ2) is 6.99. The number of likely N-dealkylation sites (tertiary alicyclic amines) is 1. The Morgan fingerprint density at radius 1 is 1.35 bits per heavy atom. The van der Waals surface area contributed by atoms with Crippen LogP contribution in [0.4, 0.5) is 0 Å². The van der Waals surface area contributed by atoms with E-state index in [0.29, 0.717) is 17.4 Å². The number of piperidine rings is 1. The van der Waals surface area contributed by atoms with E-state index in [0.717, 1.165) is 35.8 Å². The van der Waals surface area contributed by atoms with Crippen LogP contribution in [0.5, 0.6) is 0 Å². The van der Waals surface area contributed by atoms with E-state index in [4.69, 9.17) is 0 Å². The fourth-order valence-electron chi connectivity index (χ4n) is 3.38. The monoisotopic (exact) mass is 367 g/mol. The van der Waals surface area contributed by atoms with Crippen molar-refractivity contribution in [1.82, 2.24) is 24.6 Å². The first-order valence-corrected chi connectivity index (χ1v) is 9.72. The molecule has 4 heterocycles. The minimum Gasteiger partial charge on any atom is -0.338 e. The van der Waals surface area contributed by atoms with Gasteiger partial charge in [0.05, 0.1) is 28.0 Å². The van der Waals surface area contributed by atoms with Crippen molar-refractivity contribution < 1.29 is 4.79 Å². The predicted molar refractivity (Wildman–Crippen MR) is 102 cm³/mol. The molecule has 1 atom stereocenters. The number of rotatable bonds is 3. The normalized spacial score (nSPS) is 17.5. The number of hydrogen-bond acceptors (Lipinski definition) is 5. The topological polar surface area (TPSA) is 63.9 Å². The summed E-state index contributed by atoms with van der Waals surface area (Å²) in [4.78, 5) is 24.9. The predicted octanol–water partition coefficient (Wildman–Crippen LogP) is 3.57. The third kappa shape index (κ3) is 3.14. The van der Waals surface area contributed by atoms with E-state index in [-0.39, 0.29) is 5.91 Å². The van der Waals surface area contributed by atoms with E-state index in [1.54, 1.807) is 28.4 Å². The largest absolute Gasteiger partial charge is 0.338 e.